The molecule has 0 radical (unpaired) electrons. The first-order valence-electron chi connectivity index (χ1n) is 10.8. The van der Waals surface area contributed by atoms with Gasteiger partial charge in [0, 0.05) is 54.2 Å². The van der Waals surface area contributed by atoms with Gasteiger partial charge in [0.05, 0.1) is 0 Å². The molecule has 2 aliphatic rings. The van der Waals surface area contributed by atoms with Crippen LogP contribution in [0.15, 0.2) is 47.8 Å². The second kappa shape index (κ2) is 9.13. The third-order valence-corrected chi connectivity index (χ3v) is 7.22. The molecule has 158 valence electrons. The number of thiophene rings is 1. The summed E-state index contributed by atoms with van der Waals surface area (Å²) in [4.78, 5) is 40.8. The van der Waals surface area contributed by atoms with E-state index >= 15 is 0 Å². The standard InChI is InChI=1S/C24H28N2O3S/c27-21-10-12-24(25-21,16-20-9-5-15-30-20)13-11-22(28)26-14-4-8-19(17-26)23(29)18-6-2-1-3-7-18/h1-3,5-7,9,15,19H,4,8,10-14,16-17H2,(H,25,27). The molecule has 0 aliphatic carbocycles. The van der Waals surface area contributed by atoms with Crippen LogP contribution in [0.4, 0.5) is 0 Å². The van der Waals surface area contributed by atoms with Crippen LogP contribution >= 0.6 is 11.3 Å². The van der Waals surface area contributed by atoms with Crippen LogP contribution in [0.2, 0.25) is 0 Å². The number of carbonyl (C=O) groups excluding carboxylic acids is 3. The van der Waals surface area contributed by atoms with Crippen LogP contribution in [0.5, 0.6) is 0 Å². The molecule has 2 aliphatic heterocycles. The Labute approximate surface area is 181 Å². The van der Waals surface area contributed by atoms with Crippen molar-refractivity contribution >= 4 is 28.9 Å². The number of rotatable bonds is 7. The predicted molar refractivity (Wildman–Crippen MR) is 117 cm³/mol. The van der Waals surface area contributed by atoms with Gasteiger partial charge in [0.2, 0.25) is 11.8 Å². The van der Waals surface area contributed by atoms with Crippen molar-refractivity contribution in [1.82, 2.24) is 10.2 Å². The molecule has 1 N–H and O–H groups in total. The number of Topliss-reactive ketones (excluding diaryl/α,β-unsaturated/α-hetero) is 1. The Balaban J connectivity index is 1.36. The van der Waals surface area contributed by atoms with E-state index in [0.717, 1.165) is 31.2 Å². The van der Waals surface area contributed by atoms with Gasteiger partial charge in [-0.15, -0.1) is 11.3 Å². The number of amides is 2. The summed E-state index contributed by atoms with van der Waals surface area (Å²) in [6, 6.07) is 13.5. The zero-order chi connectivity index (χ0) is 21.0. The van der Waals surface area contributed by atoms with Crippen molar-refractivity contribution in [2.24, 2.45) is 5.92 Å². The van der Waals surface area contributed by atoms with Crippen molar-refractivity contribution < 1.29 is 14.4 Å². The van der Waals surface area contributed by atoms with E-state index in [1.807, 2.05) is 46.7 Å². The molecule has 2 fully saturated rings. The van der Waals surface area contributed by atoms with Crippen molar-refractivity contribution in [3.05, 3.63) is 58.3 Å². The molecule has 1 aromatic carbocycles. The predicted octanol–water partition coefficient (Wildman–Crippen LogP) is 3.84. The summed E-state index contributed by atoms with van der Waals surface area (Å²) in [5.74, 6) is 0.166. The van der Waals surface area contributed by atoms with Crippen molar-refractivity contribution in [3.63, 3.8) is 0 Å². The van der Waals surface area contributed by atoms with Crippen molar-refractivity contribution in [2.75, 3.05) is 13.1 Å². The van der Waals surface area contributed by atoms with E-state index in [2.05, 4.69) is 11.4 Å². The van der Waals surface area contributed by atoms with Gasteiger partial charge in [-0.05, 0) is 37.1 Å². The van der Waals surface area contributed by atoms with Gasteiger partial charge in [0.1, 0.15) is 0 Å². The van der Waals surface area contributed by atoms with Gasteiger partial charge in [-0.1, -0.05) is 36.4 Å². The minimum Gasteiger partial charge on any atom is -0.350 e. The van der Waals surface area contributed by atoms with Crippen LogP contribution < -0.4 is 5.32 Å². The second-order valence-corrected chi connectivity index (χ2v) is 9.53. The van der Waals surface area contributed by atoms with Gasteiger partial charge < -0.3 is 10.2 Å². The quantitative estimate of drug-likeness (QED) is 0.687. The lowest BCUT2D eigenvalue weighted by Crippen LogP contribution is -2.46. The number of hydrogen-bond donors (Lipinski definition) is 1. The van der Waals surface area contributed by atoms with Gasteiger partial charge >= 0.3 is 0 Å². The third-order valence-electron chi connectivity index (χ3n) is 6.35. The summed E-state index contributed by atoms with van der Waals surface area (Å²) >= 11 is 1.69. The van der Waals surface area contributed by atoms with Gasteiger partial charge in [-0.3, -0.25) is 14.4 Å². The Hall–Kier alpha value is -2.47. The smallest absolute Gasteiger partial charge is 0.222 e. The Morgan fingerprint density at radius 2 is 2.00 bits per heavy atom. The van der Waals surface area contributed by atoms with E-state index in [1.54, 1.807) is 11.3 Å². The van der Waals surface area contributed by atoms with Crippen LogP contribution in [0.3, 0.4) is 0 Å². The molecular formula is C24H28N2O3S. The summed E-state index contributed by atoms with van der Waals surface area (Å²) in [7, 11) is 0. The summed E-state index contributed by atoms with van der Waals surface area (Å²) < 4.78 is 0. The summed E-state index contributed by atoms with van der Waals surface area (Å²) in [5, 5.41) is 5.20. The van der Waals surface area contributed by atoms with E-state index in [0.29, 0.717) is 32.4 Å². The monoisotopic (exact) mass is 424 g/mol. The third kappa shape index (κ3) is 4.81. The normalized spacial score (nSPS) is 23.9. The number of nitrogens with one attached hydrogen (secondary N) is 1. The molecule has 4 rings (SSSR count). The van der Waals surface area contributed by atoms with Gasteiger partial charge in [0.15, 0.2) is 5.78 Å². The lowest BCUT2D eigenvalue weighted by Gasteiger charge is -2.34. The lowest BCUT2D eigenvalue weighted by atomic mass is 9.86. The molecule has 2 aromatic rings. The van der Waals surface area contributed by atoms with Crippen molar-refractivity contribution in [3.8, 4) is 0 Å². The first-order chi connectivity index (χ1) is 14.5. The molecule has 0 saturated carbocycles. The number of ketones is 1. The zero-order valence-electron chi connectivity index (χ0n) is 17.1. The first kappa shape index (κ1) is 20.8. The molecule has 0 spiro atoms. The van der Waals surface area contributed by atoms with Crippen LogP contribution in [-0.2, 0) is 16.0 Å². The molecule has 6 heteroatoms. The molecule has 2 amide bonds. The summed E-state index contributed by atoms with van der Waals surface area (Å²) in [6.45, 7) is 1.21. The average Bonchev–Trinajstić information content (AvgIpc) is 3.42. The number of piperidine rings is 1. The first-order valence-corrected chi connectivity index (χ1v) is 11.6. The number of nitrogens with zero attached hydrogens (tertiary/aromatic N) is 1. The van der Waals surface area contributed by atoms with Gasteiger partial charge in [0.25, 0.3) is 0 Å². The summed E-state index contributed by atoms with van der Waals surface area (Å²) in [6.07, 6.45) is 4.80. The van der Waals surface area contributed by atoms with Gasteiger partial charge in [-0.2, -0.15) is 0 Å². The Morgan fingerprint density at radius 1 is 1.17 bits per heavy atom. The molecule has 3 heterocycles. The van der Waals surface area contributed by atoms with Gasteiger partial charge in [-0.25, -0.2) is 0 Å². The molecule has 0 bridgehead atoms. The Bertz CT molecular complexity index is 896. The van der Waals surface area contributed by atoms with Crippen molar-refractivity contribution in [1.29, 1.82) is 0 Å². The Kier molecular flexibility index (Phi) is 6.32. The van der Waals surface area contributed by atoms with Crippen LogP contribution in [0.25, 0.3) is 0 Å². The molecule has 30 heavy (non-hydrogen) atoms. The number of hydrogen-bond acceptors (Lipinski definition) is 4. The topological polar surface area (TPSA) is 66.5 Å². The number of carbonyl (C=O) groups is 3. The highest BCUT2D eigenvalue weighted by molar-refractivity contribution is 7.09. The maximum Gasteiger partial charge on any atom is 0.222 e. The van der Waals surface area contributed by atoms with Crippen LogP contribution in [0.1, 0.15) is 53.8 Å². The lowest BCUT2D eigenvalue weighted by molar-refractivity contribution is -0.133. The highest BCUT2D eigenvalue weighted by Crippen LogP contribution is 2.31. The van der Waals surface area contributed by atoms with Crippen LogP contribution in [0, 0.1) is 5.92 Å². The maximum absolute atomic E-state index is 13.0. The van der Waals surface area contributed by atoms with E-state index in [1.165, 1.54) is 4.88 Å². The van der Waals surface area contributed by atoms with E-state index in [4.69, 9.17) is 0 Å². The molecule has 2 atom stereocenters. The molecule has 2 unspecified atom stereocenters. The molecule has 1 aromatic heterocycles. The highest BCUT2D eigenvalue weighted by Gasteiger charge is 2.39. The molecule has 2 saturated heterocycles. The van der Waals surface area contributed by atoms with Crippen molar-refractivity contribution in [2.45, 2.75) is 50.5 Å². The number of likely N-dealkylation sites (tertiary alicyclic amines) is 1. The minimum atomic E-state index is -0.327. The minimum absolute atomic E-state index is 0.0745. The SMILES string of the molecule is O=C1CCC(CCC(=O)N2CCCC(C(=O)c3ccccc3)C2)(Cc2cccs2)N1. The zero-order valence-corrected chi connectivity index (χ0v) is 18.0. The summed E-state index contributed by atoms with van der Waals surface area (Å²) in [5.41, 5.74) is 0.396. The molecule has 5 nitrogen and oxygen atoms in total. The Morgan fingerprint density at radius 3 is 2.70 bits per heavy atom. The fraction of sp³-hybridized carbons (Fsp3) is 0.458. The average molecular weight is 425 g/mol. The van der Waals surface area contributed by atoms with E-state index in [9.17, 15) is 14.4 Å². The second-order valence-electron chi connectivity index (χ2n) is 8.49. The highest BCUT2D eigenvalue weighted by atomic mass is 32.1. The van der Waals surface area contributed by atoms with E-state index < -0.39 is 0 Å². The van der Waals surface area contributed by atoms with Crippen LogP contribution in [-0.4, -0.2) is 41.1 Å². The fourth-order valence-electron chi connectivity index (χ4n) is 4.69. The molecular weight excluding hydrogens is 396 g/mol. The maximum atomic E-state index is 13.0. The largest absolute Gasteiger partial charge is 0.350 e. The van der Waals surface area contributed by atoms with E-state index in [-0.39, 0.29) is 29.1 Å². The fourth-order valence-corrected chi connectivity index (χ4v) is 5.54. The number of benzene rings is 1.